The average molecular weight is 282 g/mol. The van der Waals surface area contributed by atoms with E-state index in [4.69, 9.17) is 5.73 Å². The van der Waals surface area contributed by atoms with Crippen molar-refractivity contribution < 1.29 is 4.79 Å². The summed E-state index contributed by atoms with van der Waals surface area (Å²) in [4.78, 5) is 22.5. The van der Waals surface area contributed by atoms with Gasteiger partial charge in [-0.05, 0) is 38.0 Å². The van der Waals surface area contributed by atoms with Crippen LogP contribution >= 0.6 is 0 Å². The third-order valence-corrected chi connectivity index (χ3v) is 3.69. The lowest BCUT2D eigenvalue weighted by atomic mass is 10.1. The number of benzene rings is 1. The highest BCUT2D eigenvalue weighted by molar-refractivity contribution is 5.94. The van der Waals surface area contributed by atoms with Gasteiger partial charge in [-0.3, -0.25) is 4.79 Å². The van der Waals surface area contributed by atoms with Gasteiger partial charge in [0.25, 0.3) is 5.91 Å². The zero-order valence-electron chi connectivity index (χ0n) is 12.0. The second kappa shape index (κ2) is 5.52. The standard InChI is InChI=1S/C16H18N4O/c1-11-10-14(19-16(17)18-11)12-4-6-13(7-5-12)15(21)20-8-2-3-9-20/h4-7,10H,2-3,8-9H2,1H3,(H2,17,18,19). The molecule has 0 saturated carbocycles. The van der Waals surface area contributed by atoms with E-state index in [2.05, 4.69) is 9.97 Å². The third-order valence-electron chi connectivity index (χ3n) is 3.69. The molecule has 0 atom stereocenters. The highest BCUT2D eigenvalue weighted by atomic mass is 16.2. The molecule has 108 valence electrons. The summed E-state index contributed by atoms with van der Waals surface area (Å²) in [5, 5.41) is 0. The lowest BCUT2D eigenvalue weighted by molar-refractivity contribution is 0.0793. The number of nitrogens with two attached hydrogens (primary N) is 1. The Labute approximate surface area is 123 Å². The van der Waals surface area contributed by atoms with Gasteiger partial charge in [-0.1, -0.05) is 12.1 Å². The summed E-state index contributed by atoms with van der Waals surface area (Å²) in [6.45, 7) is 3.61. The molecule has 1 aromatic heterocycles. The van der Waals surface area contributed by atoms with Crippen molar-refractivity contribution in [2.24, 2.45) is 0 Å². The Kier molecular flexibility index (Phi) is 3.56. The van der Waals surface area contributed by atoms with Crippen LogP contribution in [0.1, 0.15) is 28.9 Å². The van der Waals surface area contributed by atoms with Crippen molar-refractivity contribution in [3.8, 4) is 11.3 Å². The van der Waals surface area contributed by atoms with E-state index in [-0.39, 0.29) is 11.9 Å². The number of nitrogen functional groups attached to an aromatic ring is 1. The zero-order valence-corrected chi connectivity index (χ0v) is 12.0. The lowest BCUT2D eigenvalue weighted by Gasteiger charge is -2.15. The van der Waals surface area contributed by atoms with Crippen molar-refractivity contribution >= 4 is 11.9 Å². The van der Waals surface area contributed by atoms with Crippen molar-refractivity contribution in [3.63, 3.8) is 0 Å². The number of carbonyl (C=O) groups is 1. The summed E-state index contributed by atoms with van der Waals surface area (Å²) in [5.41, 5.74) is 8.94. The Bertz CT molecular complexity index is 640. The van der Waals surface area contributed by atoms with Crippen molar-refractivity contribution in [3.05, 3.63) is 41.6 Å². The summed E-state index contributed by atoms with van der Waals surface area (Å²) in [6, 6.07) is 9.40. The number of likely N-dealkylation sites (tertiary alicyclic amines) is 1. The minimum atomic E-state index is 0.109. The Morgan fingerprint density at radius 2 is 1.81 bits per heavy atom. The van der Waals surface area contributed by atoms with Gasteiger partial charge in [-0.2, -0.15) is 0 Å². The molecule has 0 spiro atoms. The van der Waals surface area contributed by atoms with Crippen molar-refractivity contribution in [2.45, 2.75) is 19.8 Å². The predicted molar refractivity (Wildman–Crippen MR) is 81.8 cm³/mol. The number of hydrogen-bond donors (Lipinski definition) is 1. The molecule has 5 heteroatoms. The molecule has 3 rings (SSSR count). The first-order chi connectivity index (χ1) is 10.1. The normalized spacial score (nSPS) is 14.4. The zero-order chi connectivity index (χ0) is 14.8. The average Bonchev–Trinajstić information content (AvgIpc) is 3.00. The van der Waals surface area contributed by atoms with Crippen LogP contribution in [0.3, 0.4) is 0 Å². The van der Waals surface area contributed by atoms with Gasteiger partial charge < -0.3 is 10.6 Å². The Balaban J connectivity index is 1.84. The fraction of sp³-hybridized carbons (Fsp3) is 0.312. The number of hydrogen-bond acceptors (Lipinski definition) is 4. The van der Waals surface area contributed by atoms with Crippen LogP contribution in [0, 0.1) is 6.92 Å². The summed E-state index contributed by atoms with van der Waals surface area (Å²) < 4.78 is 0. The maximum absolute atomic E-state index is 12.3. The fourth-order valence-electron chi connectivity index (χ4n) is 2.63. The van der Waals surface area contributed by atoms with E-state index in [9.17, 15) is 4.79 Å². The van der Waals surface area contributed by atoms with E-state index in [1.807, 2.05) is 42.2 Å². The van der Waals surface area contributed by atoms with E-state index in [0.717, 1.165) is 48.4 Å². The second-order valence-corrected chi connectivity index (χ2v) is 5.33. The molecule has 1 amide bonds. The first-order valence-corrected chi connectivity index (χ1v) is 7.14. The van der Waals surface area contributed by atoms with E-state index in [1.54, 1.807) is 0 Å². The number of anilines is 1. The minimum Gasteiger partial charge on any atom is -0.368 e. The van der Waals surface area contributed by atoms with Gasteiger partial charge in [-0.25, -0.2) is 9.97 Å². The van der Waals surface area contributed by atoms with Crippen LogP contribution in [0.4, 0.5) is 5.95 Å². The molecule has 1 saturated heterocycles. The molecule has 2 N–H and O–H groups in total. The highest BCUT2D eigenvalue weighted by Crippen LogP contribution is 2.20. The number of rotatable bonds is 2. The maximum Gasteiger partial charge on any atom is 0.253 e. The molecule has 2 heterocycles. The van der Waals surface area contributed by atoms with Crippen LogP contribution in [0.2, 0.25) is 0 Å². The molecular weight excluding hydrogens is 264 g/mol. The van der Waals surface area contributed by atoms with E-state index in [1.165, 1.54) is 0 Å². The summed E-state index contributed by atoms with van der Waals surface area (Å²) >= 11 is 0. The maximum atomic E-state index is 12.3. The molecule has 2 aromatic rings. The lowest BCUT2D eigenvalue weighted by Crippen LogP contribution is -2.27. The van der Waals surface area contributed by atoms with E-state index < -0.39 is 0 Å². The Morgan fingerprint density at radius 1 is 1.14 bits per heavy atom. The van der Waals surface area contributed by atoms with Crippen LogP contribution < -0.4 is 5.73 Å². The topological polar surface area (TPSA) is 72.1 Å². The summed E-state index contributed by atoms with van der Waals surface area (Å²) in [7, 11) is 0. The van der Waals surface area contributed by atoms with Gasteiger partial charge in [0.05, 0.1) is 5.69 Å². The molecule has 1 aliphatic rings. The number of aryl methyl sites for hydroxylation is 1. The number of nitrogens with zero attached hydrogens (tertiary/aromatic N) is 3. The molecule has 5 nitrogen and oxygen atoms in total. The largest absolute Gasteiger partial charge is 0.368 e. The van der Waals surface area contributed by atoms with Gasteiger partial charge in [0.15, 0.2) is 0 Å². The van der Waals surface area contributed by atoms with E-state index >= 15 is 0 Å². The molecule has 1 aromatic carbocycles. The molecule has 0 unspecified atom stereocenters. The molecule has 0 bridgehead atoms. The van der Waals surface area contributed by atoms with Gasteiger partial charge in [0.1, 0.15) is 0 Å². The van der Waals surface area contributed by atoms with Gasteiger partial charge in [0, 0.05) is 29.9 Å². The SMILES string of the molecule is Cc1cc(-c2ccc(C(=O)N3CCCC3)cc2)nc(N)n1. The van der Waals surface area contributed by atoms with Crippen LogP contribution in [-0.4, -0.2) is 33.9 Å². The smallest absolute Gasteiger partial charge is 0.253 e. The first kappa shape index (κ1) is 13.5. The first-order valence-electron chi connectivity index (χ1n) is 7.14. The molecule has 1 fully saturated rings. The van der Waals surface area contributed by atoms with Crippen molar-refractivity contribution in [1.29, 1.82) is 0 Å². The Hall–Kier alpha value is -2.43. The van der Waals surface area contributed by atoms with Crippen LogP contribution in [0.15, 0.2) is 30.3 Å². The minimum absolute atomic E-state index is 0.109. The molecule has 21 heavy (non-hydrogen) atoms. The number of amides is 1. The Morgan fingerprint density at radius 3 is 2.43 bits per heavy atom. The third kappa shape index (κ3) is 2.86. The molecule has 1 aliphatic heterocycles. The van der Waals surface area contributed by atoms with Crippen LogP contribution in [0.5, 0.6) is 0 Å². The van der Waals surface area contributed by atoms with Gasteiger partial charge >= 0.3 is 0 Å². The highest BCUT2D eigenvalue weighted by Gasteiger charge is 2.19. The monoisotopic (exact) mass is 282 g/mol. The van der Waals surface area contributed by atoms with Gasteiger partial charge in [0.2, 0.25) is 5.95 Å². The second-order valence-electron chi connectivity index (χ2n) is 5.33. The van der Waals surface area contributed by atoms with Crippen molar-refractivity contribution in [1.82, 2.24) is 14.9 Å². The summed E-state index contributed by atoms with van der Waals surface area (Å²) in [5.74, 6) is 0.375. The predicted octanol–water partition coefficient (Wildman–Crippen LogP) is 2.27. The molecule has 0 radical (unpaired) electrons. The van der Waals surface area contributed by atoms with Crippen LogP contribution in [0.25, 0.3) is 11.3 Å². The number of carbonyl (C=O) groups excluding carboxylic acids is 1. The fourth-order valence-corrected chi connectivity index (χ4v) is 2.63. The van der Waals surface area contributed by atoms with Crippen molar-refractivity contribution in [2.75, 3.05) is 18.8 Å². The summed E-state index contributed by atoms with van der Waals surface area (Å²) in [6.07, 6.45) is 2.20. The van der Waals surface area contributed by atoms with E-state index in [0.29, 0.717) is 0 Å². The molecule has 0 aliphatic carbocycles. The van der Waals surface area contributed by atoms with Crippen LogP contribution in [-0.2, 0) is 0 Å². The molecular formula is C16H18N4O. The quantitative estimate of drug-likeness (QED) is 0.917. The number of aromatic nitrogens is 2. The van der Waals surface area contributed by atoms with Gasteiger partial charge in [-0.15, -0.1) is 0 Å².